The summed E-state index contributed by atoms with van der Waals surface area (Å²) in [6, 6.07) is 12.5. The Hall–Kier alpha value is -0.980. The van der Waals surface area contributed by atoms with Crippen molar-refractivity contribution in [2.24, 2.45) is 0 Å². The maximum atomic E-state index is 6.79. The van der Waals surface area contributed by atoms with E-state index in [0.717, 1.165) is 16.1 Å². The smallest absolute Gasteiger partial charge is 0.0852 e. The normalized spacial score (nSPS) is 13.3. The Morgan fingerprint density at radius 1 is 0.905 bits per heavy atom. The van der Waals surface area contributed by atoms with Crippen molar-refractivity contribution in [3.05, 3.63) is 69.2 Å². The van der Waals surface area contributed by atoms with Crippen molar-refractivity contribution in [2.45, 2.75) is 45.4 Å². The molecule has 0 spiro atoms. The summed E-state index contributed by atoms with van der Waals surface area (Å²) in [5.41, 5.74) is 5.84. The van der Waals surface area contributed by atoms with Crippen LogP contribution in [-0.4, -0.2) is 0 Å². The van der Waals surface area contributed by atoms with Gasteiger partial charge in [-0.3, -0.25) is 0 Å². The van der Waals surface area contributed by atoms with Crippen LogP contribution in [0.1, 0.15) is 54.0 Å². The van der Waals surface area contributed by atoms with E-state index in [-0.39, 0.29) is 10.8 Å². The first-order chi connectivity index (χ1) is 9.71. The second kappa shape index (κ2) is 6.02. The second-order valence-electron chi connectivity index (χ2n) is 6.66. The predicted molar refractivity (Wildman–Crippen MR) is 93.8 cm³/mol. The minimum absolute atomic E-state index is 0.0515. The molecule has 0 heterocycles. The topological polar surface area (TPSA) is 0 Å². The van der Waals surface area contributed by atoms with E-state index in [2.05, 4.69) is 58.9 Å². The summed E-state index contributed by atoms with van der Waals surface area (Å²) in [4.78, 5) is 0. The van der Waals surface area contributed by atoms with E-state index in [1.165, 1.54) is 16.7 Å². The van der Waals surface area contributed by atoms with Crippen molar-refractivity contribution in [2.75, 3.05) is 0 Å². The SMILES string of the molecule is Cc1cc(Cl)c(C(Cl)c2ccccc2C(C)(C)C)cc1C. The summed E-state index contributed by atoms with van der Waals surface area (Å²) >= 11 is 13.2. The van der Waals surface area contributed by atoms with Crippen LogP contribution in [0.25, 0.3) is 0 Å². The third-order valence-electron chi connectivity index (χ3n) is 3.93. The molecule has 0 nitrogen and oxygen atoms in total. The summed E-state index contributed by atoms with van der Waals surface area (Å²) in [5.74, 6) is 0. The molecule has 2 heteroatoms. The van der Waals surface area contributed by atoms with Gasteiger partial charge in [-0.2, -0.15) is 0 Å². The number of benzene rings is 2. The van der Waals surface area contributed by atoms with Crippen LogP contribution in [0.5, 0.6) is 0 Å². The molecule has 2 aromatic rings. The van der Waals surface area contributed by atoms with Gasteiger partial charge < -0.3 is 0 Å². The van der Waals surface area contributed by atoms with Gasteiger partial charge in [0.05, 0.1) is 5.38 Å². The van der Waals surface area contributed by atoms with Gasteiger partial charge in [-0.25, -0.2) is 0 Å². The van der Waals surface area contributed by atoms with E-state index in [0.29, 0.717) is 0 Å². The van der Waals surface area contributed by atoms with Crippen LogP contribution in [0, 0.1) is 13.8 Å². The number of aryl methyl sites for hydroxylation is 2. The number of hydrogen-bond donors (Lipinski definition) is 0. The molecule has 0 saturated heterocycles. The molecule has 0 fully saturated rings. The van der Waals surface area contributed by atoms with E-state index < -0.39 is 0 Å². The van der Waals surface area contributed by atoms with Gasteiger partial charge >= 0.3 is 0 Å². The Kier molecular flexibility index (Phi) is 4.70. The molecule has 0 bridgehead atoms. The minimum Gasteiger partial charge on any atom is -0.113 e. The van der Waals surface area contributed by atoms with Crippen LogP contribution >= 0.6 is 23.2 Å². The van der Waals surface area contributed by atoms with Crippen molar-refractivity contribution in [1.82, 2.24) is 0 Å². The number of alkyl halides is 1. The Labute approximate surface area is 138 Å². The summed E-state index contributed by atoms with van der Waals surface area (Å²) in [7, 11) is 0. The van der Waals surface area contributed by atoms with Gasteiger partial charge in [-0.15, -0.1) is 11.6 Å². The van der Waals surface area contributed by atoms with Gasteiger partial charge in [-0.05, 0) is 53.1 Å². The maximum absolute atomic E-state index is 6.79. The molecule has 1 atom stereocenters. The van der Waals surface area contributed by atoms with Crippen LogP contribution in [0.15, 0.2) is 36.4 Å². The summed E-state index contributed by atoms with van der Waals surface area (Å²) < 4.78 is 0. The van der Waals surface area contributed by atoms with Crippen LogP contribution in [0.4, 0.5) is 0 Å². The van der Waals surface area contributed by atoms with Crippen molar-refractivity contribution in [1.29, 1.82) is 0 Å². The fraction of sp³-hybridized carbons (Fsp3) is 0.368. The maximum Gasteiger partial charge on any atom is 0.0852 e. The fourth-order valence-electron chi connectivity index (χ4n) is 2.57. The molecule has 112 valence electrons. The zero-order chi connectivity index (χ0) is 15.8. The standard InChI is InChI=1S/C19H22Cl2/c1-12-10-15(17(20)11-13(12)2)18(21)14-8-6-7-9-16(14)19(3,4)5/h6-11,18H,1-5H3. The van der Waals surface area contributed by atoms with Crippen molar-refractivity contribution in [3.8, 4) is 0 Å². The quantitative estimate of drug-likeness (QED) is 0.548. The second-order valence-corrected chi connectivity index (χ2v) is 7.50. The van der Waals surface area contributed by atoms with Gasteiger partial charge in [0.1, 0.15) is 0 Å². The number of hydrogen-bond acceptors (Lipinski definition) is 0. The monoisotopic (exact) mass is 320 g/mol. The lowest BCUT2D eigenvalue weighted by Gasteiger charge is -2.26. The summed E-state index contributed by atoms with van der Waals surface area (Å²) in [6.07, 6.45) is 0. The van der Waals surface area contributed by atoms with Crippen LogP contribution in [-0.2, 0) is 5.41 Å². The molecular formula is C19H22Cl2. The lowest BCUT2D eigenvalue weighted by molar-refractivity contribution is 0.583. The third-order valence-corrected chi connectivity index (χ3v) is 4.73. The van der Waals surface area contributed by atoms with Crippen molar-refractivity contribution in [3.63, 3.8) is 0 Å². The molecule has 0 N–H and O–H groups in total. The van der Waals surface area contributed by atoms with Crippen LogP contribution < -0.4 is 0 Å². The van der Waals surface area contributed by atoms with E-state index in [1.807, 2.05) is 12.1 Å². The van der Waals surface area contributed by atoms with E-state index in [4.69, 9.17) is 23.2 Å². The molecule has 1 unspecified atom stereocenters. The van der Waals surface area contributed by atoms with Gasteiger partial charge in [0.2, 0.25) is 0 Å². The molecule has 0 aromatic heterocycles. The van der Waals surface area contributed by atoms with Gasteiger partial charge in [0.15, 0.2) is 0 Å². The molecule has 0 saturated carbocycles. The molecule has 0 aliphatic heterocycles. The molecule has 2 rings (SSSR count). The first-order valence-electron chi connectivity index (χ1n) is 7.22. The lowest BCUT2D eigenvalue weighted by Crippen LogP contribution is -2.15. The highest BCUT2D eigenvalue weighted by molar-refractivity contribution is 6.33. The van der Waals surface area contributed by atoms with E-state index in [9.17, 15) is 0 Å². The average molecular weight is 321 g/mol. The Balaban J connectivity index is 2.56. The van der Waals surface area contributed by atoms with Crippen LogP contribution in [0.3, 0.4) is 0 Å². The minimum atomic E-state index is -0.229. The van der Waals surface area contributed by atoms with E-state index in [1.54, 1.807) is 0 Å². The summed E-state index contributed by atoms with van der Waals surface area (Å²) in [6.45, 7) is 10.8. The Bertz CT molecular complexity index is 651. The zero-order valence-corrected chi connectivity index (χ0v) is 14.8. The molecule has 0 radical (unpaired) electrons. The number of halogens is 2. The molecule has 0 aliphatic carbocycles. The van der Waals surface area contributed by atoms with Crippen LogP contribution in [0.2, 0.25) is 5.02 Å². The van der Waals surface area contributed by atoms with Crippen molar-refractivity contribution < 1.29 is 0 Å². The first kappa shape index (κ1) is 16.4. The van der Waals surface area contributed by atoms with E-state index >= 15 is 0 Å². The molecule has 21 heavy (non-hydrogen) atoms. The molecular weight excluding hydrogens is 299 g/mol. The molecule has 2 aromatic carbocycles. The molecule has 0 aliphatic rings. The van der Waals surface area contributed by atoms with Crippen molar-refractivity contribution >= 4 is 23.2 Å². The summed E-state index contributed by atoms with van der Waals surface area (Å²) in [5, 5.41) is 0.508. The fourth-order valence-corrected chi connectivity index (χ4v) is 3.32. The Morgan fingerprint density at radius 2 is 1.48 bits per heavy atom. The average Bonchev–Trinajstić information content (AvgIpc) is 2.41. The predicted octanol–water partition coefficient (Wildman–Crippen LogP) is 6.58. The highest BCUT2D eigenvalue weighted by Gasteiger charge is 2.23. The lowest BCUT2D eigenvalue weighted by atomic mass is 9.82. The zero-order valence-electron chi connectivity index (χ0n) is 13.3. The largest absolute Gasteiger partial charge is 0.113 e. The van der Waals surface area contributed by atoms with Gasteiger partial charge in [-0.1, -0.05) is 62.7 Å². The highest BCUT2D eigenvalue weighted by atomic mass is 35.5. The third kappa shape index (κ3) is 3.44. The van der Waals surface area contributed by atoms with Gasteiger partial charge in [0, 0.05) is 5.02 Å². The first-order valence-corrected chi connectivity index (χ1v) is 8.03. The van der Waals surface area contributed by atoms with Gasteiger partial charge in [0.25, 0.3) is 0 Å². The Morgan fingerprint density at radius 3 is 2.10 bits per heavy atom. The number of rotatable bonds is 2. The highest BCUT2D eigenvalue weighted by Crippen LogP contribution is 2.39. The molecule has 0 amide bonds.